The highest BCUT2D eigenvalue weighted by Crippen LogP contribution is 2.52. The number of hydrogen-bond donors (Lipinski definition) is 0. The molecule has 5 aromatic rings. The number of hydrogen-bond acceptors (Lipinski definition) is 6. The first kappa shape index (κ1) is 36.5. The smallest absolute Gasteiger partial charge is 0.231 e. The summed E-state index contributed by atoms with van der Waals surface area (Å²) >= 11 is 7.85. The fourth-order valence-electron chi connectivity index (χ4n) is 7.51. The molecule has 53 heavy (non-hydrogen) atoms. The third-order valence-corrected chi connectivity index (χ3v) is 10.6. The van der Waals surface area contributed by atoms with Crippen LogP contribution in [0.3, 0.4) is 0 Å². The summed E-state index contributed by atoms with van der Waals surface area (Å²) in [7, 11) is 0. The first-order chi connectivity index (χ1) is 25.0. The molecule has 2 aliphatic heterocycles. The Morgan fingerprint density at radius 3 is 1.30 bits per heavy atom. The Hall–Kier alpha value is -4.81. The molecule has 2 aliphatic rings. The maximum atomic E-state index is 7.85. The Bertz CT molecular complexity index is 2180. The van der Waals surface area contributed by atoms with E-state index in [9.17, 15) is 0 Å². The number of halogens is 1. The first-order valence-corrected chi connectivity index (χ1v) is 18.8. The summed E-state index contributed by atoms with van der Waals surface area (Å²) in [5, 5.41) is 0.612. The third-order valence-electron chi connectivity index (χ3n) is 10.2. The molecule has 0 spiro atoms. The zero-order valence-corrected chi connectivity index (χ0v) is 33.7. The van der Waals surface area contributed by atoms with Crippen LogP contribution in [0.25, 0.3) is 0 Å². The van der Waals surface area contributed by atoms with E-state index in [4.69, 9.17) is 30.5 Å². The van der Waals surface area contributed by atoms with Crippen LogP contribution in [0.4, 0.5) is 34.1 Å². The van der Waals surface area contributed by atoms with Crippen LogP contribution >= 0.6 is 11.6 Å². The van der Waals surface area contributed by atoms with Gasteiger partial charge in [-0.3, -0.25) is 0 Å². The van der Waals surface area contributed by atoms with Gasteiger partial charge in [0.15, 0.2) is 23.0 Å². The lowest BCUT2D eigenvalue weighted by molar-refractivity contribution is 0.171. The Labute approximate surface area is 320 Å². The van der Waals surface area contributed by atoms with E-state index < -0.39 is 0 Å². The van der Waals surface area contributed by atoms with Gasteiger partial charge in [-0.1, -0.05) is 77.4 Å². The lowest BCUT2D eigenvalue weighted by Crippen LogP contribution is -2.20. The highest BCUT2D eigenvalue weighted by atomic mass is 35.5. The quantitative estimate of drug-likeness (QED) is 0.173. The van der Waals surface area contributed by atoms with Gasteiger partial charge >= 0.3 is 0 Å². The third kappa shape index (κ3) is 6.90. The van der Waals surface area contributed by atoms with Gasteiger partial charge in [-0.15, -0.1) is 0 Å². The van der Waals surface area contributed by atoms with Gasteiger partial charge in [0.1, 0.15) is 13.2 Å². The molecule has 7 rings (SSSR count). The van der Waals surface area contributed by atoms with Crippen LogP contribution in [-0.4, -0.2) is 20.0 Å². The predicted molar refractivity (Wildman–Crippen MR) is 219 cm³/mol. The number of anilines is 6. The maximum Gasteiger partial charge on any atom is 0.231 e. The number of aryl methyl sites for hydroxylation is 5. The second-order valence-electron chi connectivity index (χ2n) is 16.6. The summed E-state index contributed by atoms with van der Waals surface area (Å²) in [6.07, 6.45) is 0. The van der Waals surface area contributed by atoms with E-state index in [2.05, 4.69) is 147 Å². The molecule has 0 radical (unpaired) electrons. The van der Waals surface area contributed by atoms with Crippen molar-refractivity contribution < 1.29 is 18.9 Å². The average molecular weight is 731 g/mol. The Morgan fingerprint density at radius 1 is 0.491 bits per heavy atom. The molecule has 5 aromatic carbocycles. The molecule has 7 heteroatoms. The zero-order valence-electron chi connectivity index (χ0n) is 33.0. The van der Waals surface area contributed by atoms with Crippen LogP contribution in [0, 0.1) is 34.6 Å². The minimum Gasteiger partial charge on any atom is -0.486 e. The highest BCUT2D eigenvalue weighted by Gasteiger charge is 2.30. The van der Waals surface area contributed by atoms with E-state index >= 15 is 0 Å². The monoisotopic (exact) mass is 730 g/mol. The van der Waals surface area contributed by atoms with Gasteiger partial charge in [0.25, 0.3) is 0 Å². The number of nitrogens with zero attached hydrogens (tertiary/aromatic N) is 2. The Kier molecular flexibility index (Phi) is 9.34. The molecule has 0 saturated heterocycles. The van der Waals surface area contributed by atoms with Gasteiger partial charge in [0, 0.05) is 12.1 Å². The van der Waals surface area contributed by atoms with Gasteiger partial charge < -0.3 is 28.7 Å². The number of rotatable bonds is 6. The van der Waals surface area contributed by atoms with E-state index in [1.807, 2.05) is 12.1 Å². The summed E-state index contributed by atoms with van der Waals surface area (Å²) in [5.41, 5.74) is 14.0. The molecule has 0 amide bonds. The molecule has 2 heterocycles. The minimum absolute atomic E-state index is 0.00579. The zero-order chi connectivity index (χ0) is 38.0. The van der Waals surface area contributed by atoms with E-state index in [-0.39, 0.29) is 17.6 Å². The van der Waals surface area contributed by atoms with E-state index in [1.54, 1.807) is 0 Å². The first-order valence-electron chi connectivity index (χ1n) is 18.4. The SMILES string of the molecule is Cc1cc(N(c2ccc3c(c2)OCCO3)c2c(C)cc(C(C)(C)C)cc2C)c(Cl)c(N(c2ccc3c(c2)OCO3)c2c(C)cc(C(C)(C)C)cc2C)c1. The fourth-order valence-corrected chi connectivity index (χ4v) is 7.79. The maximum absolute atomic E-state index is 7.85. The molecule has 0 unspecified atom stereocenters. The molecule has 0 fully saturated rings. The van der Waals surface area contributed by atoms with Gasteiger partial charge in [0.2, 0.25) is 6.79 Å². The van der Waals surface area contributed by atoms with Crippen molar-refractivity contribution in [2.75, 3.05) is 29.8 Å². The number of ether oxygens (including phenoxy) is 4. The summed E-state index contributed by atoms with van der Waals surface area (Å²) in [6.45, 7) is 25.6. The molecule has 0 N–H and O–H groups in total. The lowest BCUT2D eigenvalue weighted by Gasteiger charge is -2.35. The van der Waals surface area contributed by atoms with Crippen LogP contribution in [0.2, 0.25) is 5.02 Å². The molecular formula is C46H51ClN2O4. The predicted octanol–water partition coefficient (Wildman–Crippen LogP) is 12.9. The van der Waals surface area contributed by atoms with Crippen molar-refractivity contribution in [1.82, 2.24) is 0 Å². The second kappa shape index (κ2) is 13.6. The molecule has 6 nitrogen and oxygen atoms in total. The van der Waals surface area contributed by atoms with Crippen molar-refractivity contribution in [3.05, 3.63) is 117 Å². The van der Waals surface area contributed by atoms with Gasteiger partial charge in [-0.25, -0.2) is 0 Å². The van der Waals surface area contributed by atoms with Crippen LogP contribution in [0.5, 0.6) is 23.0 Å². The van der Waals surface area contributed by atoms with Crippen LogP contribution in [-0.2, 0) is 10.8 Å². The van der Waals surface area contributed by atoms with Gasteiger partial charge in [-0.05, 0) is 121 Å². The Balaban J connectivity index is 1.51. The molecule has 0 aromatic heterocycles. The molecular weight excluding hydrogens is 680 g/mol. The molecule has 0 aliphatic carbocycles. The highest BCUT2D eigenvalue weighted by molar-refractivity contribution is 6.37. The Morgan fingerprint density at radius 2 is 0.868 bits per heavy atom. The summed E-state index contributed by atoms with van der Waals surface area (Å²) < 4.78 is 23.7. The minimum atomic E-state index is -0.00654. The van der Waals surface area contributed by atoms with Crippen molar-refractivity contribution in [2.24, 2.45) is 0 Å². The van der Waals surface area contributed by atoms with E-state index in [1.165, 1.54) is 11.1 Å². The van der Waals surface area contributed by atoms with Crippen molar-refractivity contribution in [3.63, 3.8) is 0 Å². The molecule has 0 atom stereocenters. The summed E-state index contributed by atoms with van der Waals surface area (Å²) in [4.78, 5) is 4.57. The summed E-state index contributed by atoms with van der Waals surface area (Å²) in [6, 6.07) is 25.9. The fraction of sp³-hybridized carbons (Fsp3) is 0.348. The van der Waals surface area contributed by atoms with Gasteiger partial charge in [0.05, 0.1) is 39.1 Å². The normalized spacial score (nSPS) is 13.7. The number of fused-ring (bicyclic) bond motifs is 2. The van der Waals surface area contributed by atoms with Crippen molar-refractivity contribution >= 4 is 45.7 Å². The van der Waals surface area contributed by atoms with E-state index in [0.29, 0.717) is 24.0 Å². The largest absolute Gasteiger partial charge is 0.486 e. The lowest BCUT2D eigenvalue weighted by atomic mass is 9.84. The van der Waals surface area contributed by atoms with Crippen molar-refractivity contribution in [1.29, 1.82) is 0 Å². The molecule has 0 bridgehead atoms. The van der Waals surface area contributed by atoms with Crippen molar-refractivity contribution in [2.45, 2.75) is 87.0 Å². The second-order valence-corrected chi connectivity index (χ2v) is 16.9. The van der Waals surface area contributed by atoms with E-state index in [0.717, 1.165) is 79.2 Å². The summed E-state index contributed by atoms with van der Waals surface area (Å²) in [5.74, 6) is 2.90. The standard InChI is InChI=1S/C46H51ClN2O4/c1-27-18-36(48(34-12-14-38-40(24-34)51-17-16-50-38)43-28(2)20-32(21-29(43)3)45(6,7)8)42(47)37(19-27)49(35-13-15-39-41(25-35)53-26-52-39)44-30(4)22-33(23-31(44)5)46(9,10)11/h12-15,18-25H,16-17,26H2,1-11H3. The van der Waals surface area contributed by atoms with Crippen molar-refractivity contribution in [3.8, 4) is 23.0 Å². The van der Waals surface area contributed by atoms with Gasteiger partial charge in [-0.2, -0.15) is 0 Å². The molecule has 276 valence electrons. The number of benzene rings is 5. The molecule has 0 saturated carbocycles. The van der Waals surface area contributed by atoms with Crippen LogP contribution in [0.1, 0.15) is 80.5 Å². The van der Waals surface area contributed by atoms with Crippen LogP contribution in [0.15, 0.2) is 72.8 Å². The van der Waals surface area contributed by atoms with Crippen LogP contribution < -0.4 is 28.7 Å². The average Bonchev–Trinajstić information content (AvgIpc) is 3.56. The topological polar surface area (TPSA) is 43.4 Å².